The van der Waals surface area contributed by atoms with Crippen LogP contribution in [0.3, 0.4) is 0 Å². The van der Waals surface area contributed by atoms with Gasteiger partial charge in [-0.1, -0.05) is 23.7 Å². The molecule has 1 saturated carbocycles. The van der Waals surface area contributed by atoms with Crippen molar-refractivity contribution in [2.75, 3.05) is 0 Å². The van der Waals surface area contributed by atoms with E-state index in [1.807, 2.05) is 12.1 Å². The number of aromatic nitrogens is 1. The Balaban J connectivity index is 1.42. The molecule has 1 aliphatic heterocycles. The fraction of sp³-hybridized carbons (Fsp3) is 0.435. The van der Waals surface area contributed by atoms with Crippen molar-refractivity contribution < 1.29 is 38.9 Å². The molecule has 14 nitrogen and oxygen atoms in total. The lowest BCUT2D eigenvalue weighted by atomic mass is 10.0. The summed E-state index contributed by atoms with van der Waals surface area (Å²) in [4.78, 5) is 60.2. The van der Waals surface area contributed by atoms with Crippen molar-refractivity contribution in [2.24, 2.45) is 5.92 Å². The van der Waals surface area contributed by atoms with Gasteiger partial charge in [0, 0.05) is 28.3 Å². The van der Waals surface area contributed by atoms with Gasteiger partial charge in [-0.3, -0.25) is 9.78 Å². The second kappa shape index (κ2) is 11.1. The summed E-state index contributed by atoms with van der Waals surface area (Å²) in [5.41, 5.74) is 2.69. The fourth-order valence-corrected chi connectivity index (χ4v) is 4.66. The van der Waals surface area contributed by atoms with Crippen LogP contribution in [0.1, 0.15) is 48.3 Å². The van der Waals surface area contributed by atoms with Crippen molar-refractivity contribution in [2.45, 2.75) is 57.6 Å². The third-order valence-corrected chi connectivity index (χ3v) is 6.63. The largest absolute Gasteiger partial charge is 0.423 e. The van der Waals surface area contributed by atoms with E-state index < -0.39 is 52.3 Å². The van der Waals surface area contributed by atoms with Crippen LogP contribution in [0.25, 0.3) is 0 Å². The zero-order valence-electron chi connectivity index (χ0n) is 20.2. The summed E-state index contributed by atoms with van der Waals surface area (Å²) in [6.45, 7) is 3.25. The van der Waals surface area contributed by atoms with Gasteiger partial charge in [0.05, 0.1) is 12.3 Å². The Morgan fingerprint density at radius 3 is 2.32 bits per heavy atom. The lowest BCUT2D eigenvalue weighted by molar-refractivity contribution is -0.797. The van der Waals surface area contributed by atoms with Crippen LogP contribution in [0.5, 0.6) is 5.75 Å². The van der Waals surface area contributed by atoms with E-state index in [-0.39, 0.29) is 25.2 Å². The van der Waals surface area contributed by atoms with Gasteiger partial charge in [-0.05, 0) is 44.4 Å². The number of nitrogens with zero attached hydrogens (tertiary/aromatic N) is 3. The monoisotopic (exact) mass is 550 g/mol. The van der Waals surface area contributed by atoms with Crippen molar-refractivity contribution >= 4 is 23.5 Å². The average molecular weight is 551 g/mol. The zero-order valence-corrected chi connectivity index (χ0v) is 21.0. The number of esters is 1. The minimum atomic E-state index is -1.30. The van der Waals surface area contributed by atoms with E-state index in [0.29, 0.717) is 16.3 Å². The fourth-order valence-electron chi connectivity index (χ4n) is 4.53. The molecule has 1 fully saturated rings. The van der Waals surface area contributed by atoms with Crippen LogP contribution in [-0.4, -0.2) is 45.3 Å². The third-order valence-electron chi connectivity index (χ3n) is 6.38. The number of carbonyl (C=O) groups is 2. The van der Waals surface area contributed by atoms with Gasteiger partial charge in [0.1, 0.15) is 24.4 Å². The van der Waals surface area contributed by atoms with E-state index in [2.05, 4.69) is 20.0 Å². The number of nitrogens with one attached hydrogen (secondary N) is 1. The van der Waals surface area contributed by atoms with Crippen LogP contribution in [-0.2, 0) is 30.6 Å². The van der Waals surface area contributed by atoms with Gasteiger partial charge in [-0.15, -0.1) is 20.2 Å². The number of carbonyl (C=O) groups excluding carboxylic acids is 2. The summed E-state index contributed by atoms with van der Waals surface area (Å²) in [5.74, 6) is -2.12. The van der Waals surface area contributed by atoms with Gasteiger partial charge in [0.2, 0.25) is 5.91 Å². The van der Waals surface area contributed by atoms with Crippen molar-refractivity contribution in [3.63, 3.8) is 0 Å². The first-order valence-electron chi connectivity index (χ1n) is 11.5. The molecule has 0 radical (unpaired) electrons. The van der Waals surface area contributed by atoms with Gasteiger partial charge >= 0.3 is 5.97 Å². The van der Waals surface area contributed by atoms with E-state index in [1.54, 1.807) is 25.3 Å². The van der Waals surface area contributed by atoms with Gasteiger partial charge in [-0.25, -0.2) is 4.79 Å². The number of pyridine rings is 1. The number of rotatable bonds is 9. The number of fused-ring (bicyclic) bond motifs is 1. The first-order valence-corrected chi connectivity index (χ1v) is 11.9. The average Bonchev–Trinajstić information content (AvgIpc) is 3.45. The first kappa shape index (κ1) is 27.0. The predicted octanol–water partition coefficient (Wildman–Crippen LogP) is 2.64. The molecular formula is C23H23ClN4O10. The summed E-state index contributed by atoms with van der Waals surface area (Å²) in [7, 11) is 0. The van der Waals surface area contributed by atoms with Gasteiger partial charge in [-0.2, -0.15) is 0 Å². The summed E-state index contributed by atoms with van der Waals surface area (Å²) < 4.78 is 11.5. The molecule has 0 saturated heterocycles. The van der Waals surface area contributed by atoms with Crippen molar-refractivity contribution in [3.8, 4) is 5.75 Å². The maximum atomic E-state index is 12.9. The Hall–Kier alpha value is -4.04. The predicted molar refractivity (Wildman–Crippen MR) is 127 cm³/mol. The second-order valence-corrected chi connectivity index (χ2v) is 9.34. The van der Waals surface area contributed by atoms with E-state index in [9.17, 15) is 29.8 Å². The van der Waals surface area contributed by atoms with Gasteiger partial charge in [0.15, 0.2) is 5.75 Å². The first-order chi connectivity index (χ1) is 18.0. The summed E-state index contributed by atoms with van der Waals surface area (Å²) in [6.07, 6.45) is -1.77. The Labute approximate surface area is 220 Å². The van der Waals surface area contributed by atoms with Crippen molar-refractivity contribution in [1.82, 2.24) is 10.3 Å². The normalized spacial score (nSPS) is 22.7. The van der Waals surface area contributed by atoms with Crippen LogP contribution in [0, 0.1) is 33.1 Å². The molecule has 1 aromatic heterocycles. The molecule has 1 amide bonds. The molecule has 1 N–H and O–H groups in total. The number of ether oxygens (including phenoxy) is 2. The van der Waals surface area contributed by atoms with Gasteiger partial charge < -0.3 is 24.5 Å². The smallest absolute Gasteiger partial charge is 0.333 e. The molecule has 2 heterocycles. The van der Waals surface area contributed by atoms with E-state index in [1.165, 1.54) is 6.92 Å². The van der Waals surface area contributed by atoms with Crippen molar-refractivity contribution in [1.29, 1.82) is 0 Å². The van der Waals surface area contributed by atoms with Gasteiger partial charge in [0.25, 0.3) is 10.2 Å². The van der Waals surface area contributed by atoms with Crippen LogP contribution in [0.2, 0.25) is 5.02 Å². The number of benzene rings is 1. The molecule has 1 aromatic carbocycles. The molecule has 1 aliphatic carbocycles. The molecule has 0 bridgehead atoms. The lowest BCUT2D eigenvalue weighted by Crippen LogP contribution is -2.43. The number of hydrogen-bond acceptors (Lipinski definition) is 11. The van der Waals surface area contributed by atoms with Crippen LogP contribution < -0.4 is 10.1 Å². The molecule has 4 rings (SSSR count). The lowest BCUT2D eigenvalue weighted by Gasteiger charge is -2.18. The SMILES string of the molecule is Cc1ncc2c(c1OC(=O)[C@@H](C)NC(=O)[C@@H]1C[C@H](O[N+](=O)[O-])[C@H](O[N+](=O)[O-])C1)CO[C@H]2c1ccc(Cl)cc1. The molecule has 38 heavy (non-hydrogen) atoms. The Bertz CT molecular complexity index is 1230. The zero-order chi connectivity index (χ0) is 27.6. The summed E-state index contributed by atoms with van der Waals surface area (Å²) in [6, 6.07) is 6.03. The molecule has 2 aromatic rings. The minimum Gasteiger partial charge on any atom is -0.423 e. The molecule has 0 spiro atoms. The standard InChI is InChI=1S/C23H23ClN4O10/c1-11-20(17-10-35-21(16(17)9-25-11)13-3-5-15(24)6-4-13)36-23(30)12(2)26-22(29)14-7-18(37-27(31)32)19(8-14)38-28(33)34/h3-6,9,12,14,18-19,21H,7-8,10H2,1-2H3,(H,26,29)/t12-,14-,18+,19-,21+/m1/s1. The van der Waals surface area contributed by atoms with E-state index in [4.69, 9.17) is 21.1 Å². The highest BCUT2D eigenvalue weighted by atomic mass is 35.5. The Morgan fingerprint density at radius 2 is 1.74 bits per heavy atom. The second-order valence-electron chi connectivity index (χ2n) is 8.90. The minimum absolute atomic E-state index is 0.174. The van der Waals surface area contributed by atoms with E-state index in [0.717, 1.165) is 11.1 Å². The summed E-state index contributed by atoms with van der Waals surface area (Å²) >= 11 is 5.98. The van der Waals surface area contributed by atoms with Crippen LogP contribution in [0.15, 0.2) is 30.5 Å². The number of amides is 1. The summed E-state index contributed by atoms with van der Waals surface area (Å²) in [5, 5.41) is 22.3. The highest BCUT2D eigenvalue weighted by Crippen LogP contribution is 2.41. The number of halogens is 1. The molecule has 2 aliphatic rings. The number of aryl methyl sites for hydroxylation is 1. The maximum absolute atomic E-state index is 12.9. The quantitative estimate of drug-likeness (QED) is 0.275. The molecular weight excluding hydrogens is 528 g/mol. The van der Waals surface area contributed by atoms with Crippen LogP contribution in [0.4, 0.5) is 0 Å². The molecule has 15 heteroatoms. The number of hydrogen-bond donors (Lipinski definition) is 1. The Morgan fingerprint density at radius 1 is 1.13 bits per heavy atom. The maximum Gasteiger partial charge on any atom is 0.333 e. The highest BCUT2D eigenvalue weighted by molar-refractivity contribution is 6.30. The molecule has 202 valence electrons. The third kappa shape index (κ3) is 5.92. The molecule has 0 unspecified atom stereocenters. The van der Waals surface area contributed by atoms with Crippen LogP contribution >= 0.6 is 11.6 Å². The van der Waals surface area contributed by atoms with E-state index >= 15 is 0 Å². The topological polar surface area (TPSA) is 182 Å². The molecule has 5 atom stereocenters. The highest BCUT2D eigenvalue weighted by Gasteiger charge is 2.43. The Kier molecular flexibility index (Phi) is 7.92. The van der Waals surface area contributed by atoms with Crippen molar-refractivity contribution in [3.05, 3.63) is 78.1 Å².